The molecule has 1 atom stereocenters. The highest BCUT2D eigenvalue weighted by Gasteiger charge is 2.11. The number of aldehydes is 1. The Bertz CT molecular complexity index is 136. The summed E-state index contributed by atoms with van der Waals surface area (Å²) in [6.07, 6.45) is 6.64. The summed E-state index contributed by atoms with van der Waals surface area (Å²) in [5.74, 6) is 0.235. The van der Waals surface area contributed by atoms with Crippen LogP contribution in [0.5, 0.6) is 0 Å². The van der Waals surface area contributed by atoms with Gasteiger partial charge < -0.3 is 4.79 Å². The molecule has 0 unspecified atom stereocenters. The van der Waals surface area contributed by atoms with E-state index in [4.69, 9.17) is 0 Å². The molecule has 9 heavy (non-hydrogen) atoms. The van der Waals surface area contributed by atoms with Gasteiger partial charge in [0.2, 0.25) is 0 Å². The van der Waals surface area contributed by atoms with Gasteiger partial charge in [-0.2, -0.15) is 0 Å². The molecule has 1 aliphatic carbocycles. The Balaban J connectivity index is 2.60. The highest BCUT2D eigenvalue weighted by atomic mass is 16.1. The van der Waals surface area contributed by atoms with E-state index in [1.807, 2.05) is 6.92 Å². The first-order valence-electron chi connectivity index (χ1n) is 3.46. The van der Waals surface area contributed by atoms with Crippen molar-refractivity contribution < 1.29 is 4.79 Å². The first-order valence-corrected chi connectivity index (χ1v) is 3.46. The van der Waals surface area contributed by atoms with Crippen LogP contribution in [-0.2, 0) is 4.79 Å². The summed E-state index contributed by atoms with van der Waals surface area (Å²) in [4.78, 5) is 10.3. The third-order valence-corrected chi connectivity index (χ3v) is 1.93. The Morgan fingerprint density at radius 2 is 2.56 bits per heavy atom. The lowest BCUT2D eigenvalue weighted by atomic mass is 9.90. The molecular formula is C8H12O. The molecule has 0 bridgehead atoms. The minimum absolute atomic E-state index is 0.235. The minimum atomic E-state index is 0.235. The average molecular weight is 124 g/mol. The number of allylic oxidation sites excluding steroid dienone is 2. The number of carbonyl (C=O) groups excluding carboxylic acids is 1. The third-order valence-electron chi connectivity index (χ3n) is 1.93. The zero-order chi connectivity index (χ0) is 6.69. The van der Waals surface area contributed by atoms with E-state index in [0.717, 1.165) is 19.1 Å². The molecule has 0 radical (unpaired) electrons. The summed E-state index contributed by atoms with van der Waals surface area (Å²) in [5.41, 5.74) is 1.26. The van der Waals surface area contributed by atoms with E-state index in [-0.39, 0.29) is 5.92 Å². The summed E-state index contributed by atoms with van der Waals surface area (Å²) in [6.45, 7) is 2.04. The lowest BCUT2D eigenvalue weighted by molar-refractivity contribution is -0.110. The lowest BCUT2D eigenvalue weighted by Crippen LogP contribution is -2.06. The fourth-order valence-electron chi connectivity index (χ4n) is 1.22. The van der Waals surface area contributed by atoms with E-state index in [1.54, 1.807) is 0 Å². The molecule has 0 aliphatic heterocycles. The maximum Gasteiger partial charge on any atom is 0.127 e. The first-order chi connectivity index (χ1) is 4.34. The minimum Gasteiger partial charge on any atom is -0.303 e. The van der Waals surface area contributed by atoms with E-state index >= 15 is 0 Å². The van der Waals surface area contributed by atoms with Gasteiger partial charge in [-0.15, -0.1) is 0 Å². The van der Waals surface area contributed by atoms with Gasteiger partial charge in [0.05, 0.1) is 0 Å². The summed E-state index contributed by atoms with van der Waals surface area (Å²) in [7, 11) is 0. The third kappa shape index (κ3) is 1.41. The van der Waals surface area contributed by atoms with Crippen LogP contribution < -0.4 is 0 Å². The molecule has 50 valence electrons. The van der Waals surface area contributed by atoms with Gasteiger partial charge >= 0.3 is 0 Å². The molecule has 0 aromatic heterocycles. The van der Waals surface area contributed by atoms with Crippen LogP contribution in [0.4, 0.5) is 0 Å². The molecule has 1 rings (SSSR count). The summed E-state index contributed by atoms with van der Waals surface area (Å²) < 4.78 is 0. The summed E-state index contributed by atoms with van der Waals surface area (Å²) >= 11 is 0. The second-order valence-electron chi connectivity index (χ2n) is 2.62. The number of hydrogen-bond donors (Lipinski definition) is 0. The molecule has 1 aliphatic rings. The van der Waals surface area contributed by atoms with Crippen LogP contribution in [-0.4, -0.2) is 6.29 Å². The van der Waals surface area contributed by atoms with Crippen molar-refractivity contribution in [2.45, 2.75) is 26.2 Å². The molecular weight excluding hydrogens is 112 g/mol. The van der Waals surface area contributed by atoms with Crippen molar-refractivity contribution in [3.05, 3.63) is 11.6 Å². The van der Waals surface area contributed by atoms with Crippen molar-refractivity contribution in [1.82, 2.24) is 0 Å². The van der Waals surface area contributed by atoms with Crippen LogP contribution >= 0.6 is 0 Å². The van der Waals surface area contributed by atoms with Crippen molar-refractivity contribution in [2.75, 3.05) is 0 Å². The van der Waals surface area contributed by atoms with Crippen molar-refractivity contribution in [3.8, 4) is 0 Å². The van der Waals surface area contributed by atoms with Gasteiger partial charge in [-0.05, 0) is 26.2 Å². The standard InChI is InChI=1S/C8H12O/c1-7-4-2-3-5-8(7)6-9/h4,6,8H,2-3,5H2,1H3/t8-/m0/s1. The van der Waals surface area contributed by atoms with Crippen LogP contribution in [0.2, 0.25) is 0 Å². The quantitative estimate of drug-likeness (QED) is 0.385. The number of rotatable bonds is 1. The van der Waals surface area contributed by atoms with E-state index in [0.29, 0.717) is 0 Å². The topological polar surface area (TPSA) is 17.1 Å². The Kier molecular flexibility index (Phi) is 2.04. The zero-order valence-electron chi connectivity index (χ0n) is 5.76. The lowest BCUT2D eigenvalue weighted by Gasteiger charge is -2.14. The van der Waals surface area contributed by atoms with Crippen LogP contribution in [0, 0.1) is 5.92 Å². The van der Waals surface area contributed by atoms with Crippen LogP contribution in [0.25, 0.3) is 0 Å². The van der Waals surface area contributed by atoms with Gasteiger partial charge in [0.15, 0.2) is 0 Å². The molecule has 0 fully saturated rings. The van der Waals surface area contributed by atoms with Crippen molar-refractivity contribution in [3.63, 3.8) is 0 Å². The van der Waals surface area contributed by atoms with Crippen LogP contribution in [0.3, 0.4) is 0 Å². The fraction of sp³-hybridized carbons (Fsp3) is 0.625. The zero-order valence-corrected chi connectivity index (χ0v) is 5.76. The van der Waals surface area contributed by atoms with E-state index in [2.05, 4.69) is 6.08 Å². The largest absolute Gasteiger partial charge is 0.303 e. The van der Waals surface area contributed by atoms with E-state index < -0.39 is 0 Å². The predicted octanol–water partition coefficient (Wildman–Crippen LogP) is 1.93. The van der Waals surface area contributed by atoms with Crippen molar-refractivity contribution in [2.24, 2.45) is 5.92 Å². The SMILES string of the molecule is CC1=CCCC[C@H]1C=O. The molecule has 0 amide bonds. The average Bonchev–Trinajstić information content (AvgIpc) is 1.89. The number of carbonyl (C=O) groups is 1. The van der Waals surface area contributed by atoms with Gasteiger partial charge in [0.25, 0.3) is 0 Å². The fourth-order valence-corrected chi connectivity index (χ4v) is 1.22. The van der Waals surface area contributed by atoms with Crippen molar-refractivity contribution >= 4 is 6.29 Å². The second-order valence-corrected chi connectivity index (χ2v) is 2.62. The van der Waals surface area contributed by atoms with Gasteiger partial charge in [0, 0.05) is 5.92 Å². The van der Waals surface area contributed by atoms with Crippen molar-refractivity contribution in [1.29, 1.82) is 0 Å². The Morgan fingerprint density at radius 3 is 3.00 bits per heavy atom. The smallest absolute Gasteiger partial charge is 0.127 e. The van der Waals surface area contributed by atoms with E-state index in [1.165, 1.54) is 12.0 Å². The molecule has 0 aromatic carbocycles. The Labute approximate surface area is 55.8 Å². The maximum absolute atomic E-state index is 10.3. The normalized spacial score (nSPS) is 27.2. The second kappa shape index (κ2) is 2.81. The molecule has 0 aromatic rings. The van der Waals surface area contributed by atoms with Crippen LogP contribution in [0.1, 0.15) is 26.2 Å². The van der Waals surface area contributed by atoms with Gasteiger partial charge in [-0.1, -0.05) is 11.6 Å². The molecule has 0 saturated heterocycles. The van der Waals surface area contributed by atoms with Gasteiger partial charge in [0.1, 0.15) is 6.29 Å². The molecule has 0 saturated carbocycles. The highest BCUT2D eigenvalue weighted by Crippen LogP contribution is 2.21. The Morgan fingerprint density at radius 1 is 1.78 bits per heavy atom. The van der Waals surface area contributed by atoms with Gasteiger partial charge in [-0.25, -0.2) is 0 Å². The molecule has 1 heteroatoms. The predicted molar refractivity (Wildman–Crippen MR) is 37.2 cm³/mol. The van der Waals surface area contributed by atoms with Crippen LogP contribution in [0.15, 0.2) is 11.6 Å². The monoisotopic (exact) mass is 124 g/mol. The highest BCUT2D eigenvalue weighted by molar-refractivity contribution is 5.58. The molecule has 0 N–H and O–H groups in total. The summed E-state index contributed by atoms with van der Waals surface area (Å²) in [6, 6.07) is 0. The number of hydrogen-bond acceptors (Lipinski definition) is 1. The van der Waals surface area contributed by atoms with E-state index in [9.17, 15) is 4.79 Å². The summed E-state index contributed by atoms with van der Waals surface area (Å²) in [5, 5.41) is 0. The van der Waals surface area contributed by atoms with Gasteiger partial charge in [-0.3, -0.25) is 0 Å². The molecule has 0 heterocycles. The molecule has 0 spiro atoms. The first kappa shape index (κ1) is 6.53. The maximum atomic E-state index is 10.3. The Hall–Kier alpha value is -0.590. The molecule has 1 nitrogen and oxygen atoms in total.